The first-order valence-electron chi connectivity index (χ1n) is 8.14. The van der Waals surface area contributed by atoms with Crippen LogP contribution in [0, 0.1) is 15.9 Å². The van der Waals surface area contributed by atoms with E-state index in [4.69, 9.17) is 11.6 Å². The summed E-state index contributed by atoms with van der Waals surface area (Å²) < 4.78 is 13.3. The minimum absolute atomic E-state index is 0.00598. The molecule has 1 saturated heterocycles. The van der Waals surface area contributed by atoms with Crippen LogP contribution in [-0.4, -0.2) is 46.8 Å². The molecule has 136 valence electrons. The van der Waals surface area contributed by atoms with Crippen LogP contribution in [-0.2, 0) is 6.54 Å². The summed E-state index contributed by atoms with van der Waals surface area (Å²) in [5.41, 5.74) is 0.861. The van der Waals surface area contributed by atoms with Crippen LogP contribution in [0.1, 0.15) is 15.9 Å². The molecule has 0 radical (unpaired) electrons. The van der Waals surface area contributed by atoms with Gasteiger partial charge in [0.1, 0.15) is 10.8 Å². The topological polar surface area (TPSA) is 66.7 Å². The maximum absolute atomic E-state index is 13.3. The lowest BCUT2D eigenvalue weighted by atomic mass is 10.1. The van der Waals surface area contributed by atoms with Crippen LogP contribution < -0.4 is 0 Å². The summed E-state index contributed by atoms with van der Waals surface area (Å²) >= 11 is 5.79. The molecule has 6 nitrogen and oxygen atoms in total. The summed E-state index contributed by atoms with van der Waals surface area (Å²) in [6.45, 7) is 2.93. The highest BCUT2D eigenvalue weighted by molar-refractivity contribution is 6.32. The van der Waals surface area contributed by atoms with E-state index in [1.165, 1.54) is 30.3 Å². The normalized spacial score (nSPS) is 15.1. The molecular weight excluding hydrogens is 361 g/mol. The van der Waals surface area contributed by atoms with E-state index < -0.39 is 4.92 Å². The Morgan fingerprint density at radius 3 is 2.54 bits per heavy atom. The summed E-state index contributed by atoms with van der Waals surface area (Å²) in [4.78, 5) is 26.8. The number of halogens is 2. The zero-order valence-corrected chi connectivity index (χ0v) is 14.7. The molecule has 1 heterocycles. The fourth-order valence-corrected chi connectivity index (χ4v) is 3.16. The molecule has 8 heteroatoms. The Bertz CT molecular complexity index is 838. The highest BCUT2D eigenvalue weighted by Crippen LogP contribution is 2.26. The van der Waals surface area contributed by atoms with Gasteiger partial charge in [-0.1, -0.05) is 23.7 Å². The quantitative estimate of drug-likeness (QED) is 0.605. The molecule has 1 aliphatic heterocycles. The summed E-state index contributed by atoms with van der Waals surface area (Å²) in [6.07, 6.45) is 0. The molecule has 1 amide bonds. The average Bonchev–Trinajstić information content (AvgIpc) is 2.62. The second-order valence-electron chi connectivity index (χ2n) is 6.12. The summed E-state index contributed by atoms with van der Waals surface area (Å²) in [5.74, 6) is -0.518. The zero-order valence-electron chi connectivity index (χ0n) is 13.9. The number of amides is 1. The second kappa shape index (κ2) is 7.80. The Labute approximate surface area is 154 Å². The van der Waals surface area contributed by atoms with Gasteiger partial charge >= 0.3 is 0 Å². The average molecular weight is 378 g/mol. The third kappa shape index (κ3) is 4.17. The Morgan fingerprint density at radius 2 is 1.88 bits per heavy atom. The number of carbonyl (C=O) groups excluding carboxylic acids is 1. The third-order valence-corrected chi connectivity index (χ3v) is 4.66. The van der Waals surface area contributed by atoms with Crippen molar-refractivity contribution in [3.63, 3.8) is 0 Å². The van der Waals surface area contributed by atoms with Crippen molar-refractivity contribution < 1.29 is 14.1 Å². The number of piperazine rings is 1. The molecule has 0 atom stereocenters. The number of nitro benzene ring substituents is 1. The number of hydrogen-bond donors (Lipinski definition) is 0. The largest absolute Gasteiger partial charge is 0.336 e. The monoisotopic (exact) mass is 377 g/mol. The van der Waals surface area contributed by atoms with Crippen LogP contribution >= 0.6 is 11.6 Å². The third-order valence-electron chi connectivity index (χ3n) is 4.34. The molecule has 0 spiro atoms. The lowest BCUT2D eigenvalue weighted by molar-refractivity contribution is -0.384. The van der Waals surface area contributed by atoms with E-state index >= 15 is 0 Å². The van der Waals surface area contributed by atoms with Crippen molar-refractivity contribution in [3.8, 4) is 0 Å². The number of nitro groups is 1. The standard InChI is InChI=1S/C18H17ClFN3O3/c19-16-5-4-14(11-17(16)23(25)26)18(24)22-8-6-21(7-9-22)12-13-2-1-3-15(20)10-13/h1-5,10-11H,6-9,12H2. The molecule has 0 aliphatic carbocycles. The summed E-state index contributed by atoms with van der Waals surface area (Å²) in [7, 11) is 0. The number of hydrogen-bond acceptors (Lipinski definition) is 4. The summed E-state index contributed by atoms with van der Waals surface area (Å²) in [6, 6.07) is 10.5. The smallest absolute Gasteiger partial charge is 0.288 e. The zero-order chi connectivity index (χ0) is 18.7. The fourth-order valence-electron chi connectivity index (χ4n) is 2.97. The first-order chi connectivity index (χ1) is 12.4. The number of carbonyl (C=O) groups is 1. The van der Waals surface area contributed by atoms with E-state index in [2.05, 4.69) is 4.90 Å². The predicted octanol–water partition coefficient (Wildman–Crippen LogP) is 3.35. The van der Waals surface area contributed by atoms with E-state index in [9.17, 15) is 19.3 Å². The van der Waals surface area contributed by atoms with Crippen LogP contribution in [0.15, 0.2) is 42.5 Å². The highest BCUT2D eigenvalue weighted by Gasteiger charge is 2.24. The molecule has 1 aliphatic rings. The Kier molecular flexibility index (Phi) is 5.49. The second-order valence-corrected chi connectivity index (χ2v) is 6.53. The van der Waals surface area contributed by atoms with E-state index in [0.717, 1.165) is 5.56 Å². The maximum atomic E-state index is 13.3. The van der Waals surface area contributed by atoms with Gasteiger partial charge in [0.05, 0.1) is 4.92 Å². The Hall–Kier alpha value is -2.51. The molecule has 0 N–H and O–H groups in total. The summed E-state index contributed by atoms with van der Waals surface area (Å²) in [5, 5.41) is 11.0. The van der Waals surface area contributed by atoms with Gasteiger partial charge < -0.3 is 4.90 Å². The van der Waals surface area contributed by atoms with Gasteiger partial charge in [-0.2, -0.15) is 0 Å². The van der Waals surface area contributed by atoms with Gasteiger partial charge in [-0.3, -0.25) is 19.8 Å². The minimum Gasteiger partial charge on any atom is -0.336 e. The molecule has 0 saturated carbocycles. The van der Waals surface area contributed by atoms with Gasteiger partial charge in [-0.25, -0.2) is 4.39 Å². The highest BCUT2D eigenvalue weighted by atomic mass is 35.5. The molecule has 2 aromatic carbocycles. The minimum atomic E-state index is -0.601. The van der Waals surface area contributed by atoms with Crippen molar-refractivity contribution in [2.45, 2.75) is 6.54 Å². The van der Waals surface area contributed by atoms with E-state index in [-0.39, 0.29) is 28.0 Å². The first kappa shape index (κ1) is 18.3. The van der Waals surface area contributed by atoms with Crippen molar-refractivity contribution in [1.82, 2.24) is 9.80 Å². The van der Waals surface area contributed by atoms with Gasteiger partial charge in [0.15, 0.2) is 0 Å². The van der Waals surface area contributed by atoms with E-state index in [0.29, 0.717) is 32.7 Å². The van der Waals surface area contributed by atoms with Crippen LogP contribution in [0.2, 0.25) is 5.02 Å². The number of benzene rings is 2. The van der Waals surface area contributed by atoms with Gasteiger partial charge in [0.25, 0.3) is 11.6 Å². The van der Waals surface area contributed by atoms with Crippen LogP contribution in [0.3, 0.4) is 0 Å². The van der Waals surface area contributed by atoms with Gasteiger partial charge in [0.2, 0.25) is 0 Å². The molecule has 26 heavy (non-hydrogen) atoms. The molecule has 1 fully saturated rings. The van der Waals surface area contributed by atoms with Crippen molar-refractivity contribution in [1.29, 1.82) is 0 Å². The predicted molar refractivity (Wildman–Crippen MR) is 95.7 cm³/mol. The molecule has 0 aromatic heterocycles. The van der Waals surface area contributed by atoms with E-state index in [1.54, 1.807) is 11.0 Å². The number of nitrogens with zero attached hydrogens (tertiary/aromatic N) is 3. The van der Waals surface area contributed by atoms with Gasteiger partial charge in [0, 0.05) is 44.4 Å². The number of rotatable bonds is 4. The Morgan fingerprint density at radius 1 is 1.15 bits per heavy atom. The van der Waals surface area contributed by atoms with Crippen molar-refractivity contribution >= 4 is 23.2 Å². The molecular formula is C18H17ClFN3O3. The van der Waals surface area contributed by atoms with Crippen LogP contribution in [0.25, 0.3) is 0 Å². The van der Waals surface area contributed by atoms with Crippen LogP contribution in [0.4, 0.5) is 10.1 Å². The van der Waals surface area contributed by atoms with Crippen molar-refractivity contribution in [2.24, 2.45) is 0 Å². The maximum Gasteiger partial charge on any atom is 0.288 e. The molecule has 3 rings (SSSR count). The van der Waals surface area contributed by atoms with E-state index in [1.807, 2.05) is 6.07 Å². The SMILES string of the molecule is O=C(c1ccc(Cl)c([N+](=O)[O-])c1)N1CCN(Cc2cccc(F)c2)CC1. The molecule has 0 unspecified atom stereocenters. The lowest BCUT2D eigenvalue weighted by Gasteiger charge is -2.34. The van der Waals surface area contributed by atoms with Crippen molar-refractivity contribution in [3.05, 3.63) is 74.5 Å². The lowest BCUT2D eigenvalue weighted by Crippen LogP contribution is -2.48. The molecule has 0 bridgehead atoms. The van der Waals surface area contributed by atoms with Gasteiger partial charge in [-0.15, -0.1) is 0 Å². The van der Waals surface area contributed by atoms with Crippen LogP contribution in [0.5, 0.6) is 0 Å². The van der Waals surface area contributed by atoms with Gasteiger partial charge in [-0.05, 0) is 29.8 Å². The molecule has 2 aromatic rings. The van der Waals surface area contributed by atoms with Crippen molar-refractivity contribution in [2.75, 3.05) is 26.2 Å². The fraction of sp³-hybridized carbons (Fsp3) is 0.278. The Balaban J connectivity index is 1.62. The first-order valence-corrected chi connectivity index (χ1v) is 8.52.